The number of aromatic hydroxyl groups is 1. The van der Waals surface area contributed by atoms with Gasteiger partial charge in [-0.05, 0) is 62.9 Å². The summed E-state index contributed by atoms with van der Waals surface area (Å²) in [6, 6.07) is 5.56. The molecule has 6 heteroatoms. The Morgan fingerprint density at radius 2 is 2.04 bits per heavy atom. The molecule has 2 saturated heterocycles. The lowest BCUT2D eigenvalue weighted by Gasteiger charge is -2.36. The van der Waals surface area contributed by atoms with E-state index in [9.17, 15) is 9.90 Å². The first-order chi connectivity index (χ1) is 13.5. The molecule has 1 aromatic carbocycles. The molecule has 1 amide bonds. The van der Waals surface area contributed by atoms with Crippen molar-refractivity contribution < 1.29 is 14.6 Å². The first kappa shape index (κ1) is 20.7. The second-order valence-corrected chi connectivity index (χ2v) is 8.07. The van der Waals surface area contributed by atoms with E-state index >= 15 is 0 Å². The molecule has 0 saturated carbocycles. The third kappa shape index (κ3) is 5.06. The molecule has 2 aliphatic rings. The number of methoxy groups -OCH3 is 1. The maximum absolute atomic E-state index is 12.3. The number of amides is 1. The highest BCUT2D eigenvalue weighted by Crippen LogP contribution is 2.25. The highest BCUT2D eigenvalue weighted by molar-refractivity contribution is 5.94. The number of aryl methyl sites for hydroxylation is 1. The summed E-state index contributed by atoms with van der Waals surface area (Å²) in [5, 5.41) is 12.7. The summed E-state index contributed by atoms with van der Waals surface area (Å²) >= 11 is 0. The minimum Gasteiger partial charge on any atom is -0.508 e. The monoisotopic (exact) mass is 387 g/mol. The van der Waals surface area contributed by atoms with Crippen LogP contribution < -0.4 is 5.32 Å². The summed E-state index contributed by atoms with van der Waals surface area (Å²) in [5.74, 6) is 0.653. The number of phenolic OH excluding ortho intramolecular Hbond substituents is 1. The van der Waals surface area contributed by atoms with Crippen LogP contribution in [0.15, 0.2) is 30.5 Å². The molecule has 0 radical (unpaired) electrons. The van der Waals surface area contributed by atoms with E-state index in [-0.39, 0.29) is 11.7 Å². The lowest BCUT2D eigenvalue weighted by atomic mass is 9.96. The van der Waals surface area contributed by atoms with E-state index in [1.807, 2.05) is 6.92 Å². The molecule has 2 aliphatic heterocycles. The van der Waals surface area contributed by atoms with Crippen LogP contribution >= 0.6 is 0 Å². The summed E-state index contributed by atoms with van der Waals surface area (Å²) in [7, 11) is 1.78. The molecule has 1 aromatic rings. The third-order valence-corrected chi connectivity index (χ3v) is 6.10. The van der Waals surface area contributed by atoms with Gasteiger partial charge >= 0.3 is 0 Å². The van der Waals surface area contributed by atoms with Crippen molar-refractivity contribution in [3.8, 4) is 5.75 Å². The minimum atomic E-state index is -0.188. The topological polar surface area (TPSA) is 65.0 Å². The lowest BCUT2D eigenvalue weighted by molar-refractivity contribution is 0.0816. The van der Waals surface area contributed by atoms with E-state index in [1.54, 1.807) is 19.2 Å². The lowest BCUT2D eigenvalue weighted by Crippen LogP contribution is -2.43. The van der Waals surface area contributed by atoms with Gasteiger partial charge in [0.05, 0.1) is 6.54 Å². The fraction of sp³-hybridized carbons (Fsp3) is 0.591. The van der Waals surface area contributed by atoms with Gasteiger partial charge in [0.15, 0.2) is 0 Å². The van der Waals surface area contributed by atoms with Gasteiger partial charge in [-0.15, -0.1) is 0 Å². The van der Waals surface area contributed by atoms with Crippen LogP contribution in [0.2, 0.25) is 0 Å². The number of ether oxygens (including phenoxy) is 1. The van der Waals surface area contributed by atoms with Crippen LogP contribution in [0, 0.1) is 12.8 Å². The van der Waals surface area contributed by atoms with Crippen molar-refractivity contribution in [1.82, 2.24) is 15.1 Å². The molecule has 1 atom stereocenters. The Morgan fingerprint density at radius 1 is 1.29 bits per heavy atom. The standard InChI is InChI=1S/C22H33N3O3/c1-16-4-5-19(12-21(16)26)22(27)23-13-17(2)25-11-8-20(14-25)24-9-6-18(7-10-24)15-28-3/h4-5,12,18,20,26H,2,6-11,13-15H2,1,3H3,(H,23,27). The second-order valence-electron chi connectivity index (χ2n) is 8.07. The Kier molecular flexibility index (Phi) is 6.97. The smallest absolute Gasteiger partial charge is 0.251 e. The predicted molar refractivity (Wildman–Crippen MR) is 110 cm³/mol. The highest BCUT2D eigenvalue weighted by Gasteiger charge is 2.31. The quantitative estimate of drug-likeness (QED) is 0.752. The van der Waals surface area contributed by atoms with Crippen LogP contribution in [0.3, 0.4) is 0 Å². The first-order valence-corrected chi connectivity index (χ1v) is 10.2. The zero-order valence-electron chi connectivity index (χ0n) is 17.1. The van der Waals surface area contributed by atoms with E-state index in [4.69, 9.17) is 4.74 Å². The fourth-order valence-electron chi connectivity index (χ4n) is 4.19. The number of piperidine rings is 1. The van der Waals surface area contributed by atoms with Gasteiger partial charge in [0.1, 0.15) is 5.75 Å². The van der Waals surface area contributed by atoms with E-state index in [0.29, 0.717) is 24.1 Å². The van der Waals surface area contributed by atoms with Crippen LogP contribution in [-0.2, 0) is 4.74 Å². The van der Waals surface area contributed by atoms with E-state index in [0.717, 1.165) is 50.5 Å². The van der Waals surface area contributed by atoms with Gasteiger partial charge in [-0.2, -0.15) is 0 Å². The first-order valence-electron chi connectivity index (χ1n) is 10.2. The molecule has 154 valence electrons. The number of carbonyl (C=O) groups is 1. The average Bonchev–Trinajstić information content (AvgIpc) is 3.19. The number of nitrogens with zero attached hydrogens (tertiary/aromatic N) is 2. The van der Waals surface area contributed by atoms with Crippen LogP contribution in [-0.4, -0.2) is 73.3 Å². The normalized spacial score (nSPS) is 21.1. The van der Waals surface area contributed by atoms with Crippen LogP contribution in [0.1, 0.15) is 35.2 Å². The van der Waals surface area contributed by atoms with Gasteiger partial charge in [-0.1, -0.05) is 12.6 Å². The third-order valence-electron chi connectivity index (χ3n) is 6.10. The summed E-state index contributed by atoms with van der Waals surface area (Å²) in [5.41, 5.74) is 2.17. The molecule has 2 fully saturated rings. The zero-order valence-corrected chi connectivity index (χ0v) is 17.1. The summed E-state index contributed by atoms with van der Waals surface area (Å²) in [4.78, 5) is 17.2. The molecule has 0 spiro atoms. The number of likely N-dealkylation sites (tertiary alicyclic amines) is 2. The SMILES string of the molecule is C=C(CNC(=O)c1ccc(C)c(O)c1)N1CCC(N2CCC(COC)CC2)C1. The zero-order chi connectivity index (χ0) is 20.1. The number of hydrogen-bond donors (Lipinski definition) is 2. The van der Waals surface area contributed by atoms with Gasteiger partial charge in [0.25, 0.3) is 5.91 Å². The Balaban J connectivity index is 1.43. The molecule has 0 aliphatic carbocycles. The highest BCUT2D eigenvalue weighted by atomic mass is 16.5. The number of nitrogens with one attached hydrogen (secondary N) is 1. The van der Waals surface area contributed by atoms with Crippen molar-refractivity contribution in [1.29, 1.82) is 0 Å². The largest absolute Gasteiger partial charge is 0.508 e. The van der Waals surface area contributed by atoms with E-state index in [2.05, 4.69) is 21.7 Å². The van der Waals surface area contributed by atoms with Crippen LogP contribution in [0.5, 0.6) is 5.75 Å². The van der Waals surface area contributed by atoms with Crippen molar-refractivity contribution in [3.63, 3.8) is 0 Å². The molecule has 28 heavy (non-hydrogen) atoms. The van der Waals surface area contributed by atoms with E-state index < -0.39 is 0 Å². The minimum absolute atomic E-state index is 0.142. The molecule has 2 N–H and O–H groups in total. The van der Waals surface area contributed by atoms with Gasteiger partial charge < -0.3 is 20.1 Å². The number of rotatable bonds is 7. The average molecular weight is 388 g/mol. The van der Waals surface area contributed by atoms with Crippen molar-refractivity contribution in [3.05, 3.63) is 41.6 Å². The summed E-state index contributed by atoms with van der Waals surface area (Å²) in [6.07, 6.45) is 3.57. The van der Waals surface area contributed by atoms with E-state index in [1.165, 1.54) is 18.9 Å². The molecule has 3 rings (SSSR count). The van der Waals surface area contributed by atoms with Crippen LogP contribution in [0.25, 0.3) is 0 Å². The maximum atomic E-state index is 12.3. The number of carbonyl (C=O) groups excluding carboxylic acids is 1. The summed E-state index contributed by atoms with van der Waals surface area (Å²) in [6.45, 7) is 11.5. The van der Waals surface area contributed by atoms with Crippen molar-refractivity contribution in [2.24, 2.45) is 5.92 Å². The Morgan fingerprint density at radius 3 is 2.71 bits per heavy atom. The van der Waals surface area contributed by atoms with Gasteiger partial charge in [0.2, 0.25) is 0 Å². The number of phenols is 1. The number of benzene rings is 1. The molecule has 2 heterocycles. The van der Waals surface area contributed by atoms with Crippen molar-refractivity contribution in [2.75, 3.05) is 46.4 Å². The fourth-order valence-corrected chi connectivity index (χ4v) is 4.19. The summed E-state index contributed by atoms with van der Waals surface area (Å²) < 4.78 is 5.29. The Hall–Kier alpha value is -2.05. The van der Waals surface area contributed by atoms with Crippen molar-refractivity contribution >= 4 is 5.91 Å². The van der Waals surface area contributed by atoms with Gasteiger partial charge in [-0.3, -0.25) is 9.69 Å². The molecule has 6 nitrogen and oxygen atoms in total. The molecular weight excluding hydrogens is 354 g/mol. The van der Waals surface area contributed by atoms with Gasteiger partial charge in [0, 0.05) is 44.1 Å². The Labute approximate surface area is 168 Å². The molecular formula is C22H33N3O3. The Bertz CT molecular complexity index is 698. The predicted octanol–water partition coefficient (Wildman–Crippen LogP) is 2.38. The maximum Gasteiger partial charge on any atom is 0.251 e. The van der Waals surface area contributed by atoms with Gasteiger partial charge in [-0.25, -0.2) is 0 Å². The molecule has 1 unspecified atom stereocenters. The second kappa shape index (κ2) is 9.43. The molecule has 0 aromatic heterocycles. The van der Waals surface area contributed by atoms with Crippen molar-refractivity contribution in [2.45, 2.75) is 32.2 Å². The number of hydrogen-bond acceptors (Lipinski definition) is 5. The molecule has 0 bridgehead atoms. The van der Waals surface area contributed by atoms with Crippen LogP contribution in [0.4, 0.5) is 0 Å².